The molecule has 2 heterocycles. The molecule has 0 aliphatic rings. The molecule has 0 radical (unpaired) electrons. The third-order valence-corrected chi connectivity index (χ3v) is 7.15. The maximum absolute atomic E-state index is 13.5. The van der Waals surface area contributed by atoms with Crippen molar-refractivity contribution in [2.24, 2.45) is 0 Å². The Balaban J connectivity index is 1.47. The van der Waals surface area contributed by atoms with Gasteiger partial charge < -0.3 is 5.32 Å². The van der Waals surface area contributed by atoms with E-state index in [-0.39, 0.29) is 11.5 Å². The molecule has 35 heavy (non-hydrogen) atoms. The summed E-state index contributed by atoms with van der Waals surface area (Å²) >= 11 is 1.43. The third-order valence-electron chi connectivity index (χ3n) is 6.26. The van der Waals surface area contributed by atoms with E-state index in [0.717, 1.165) is 39.1 Å². The number of aromatic nitrogens is 2. The highest BCUT2D eigenvalue weighted by Gasteiger charge is 2.21. The molecule has 174 valence electrons. The molecular weight excluding hydrogens is 454 g/mol. The van der Waals surface area contributed by atoms with E-state index in [4.69, 9.17) is 0 Å². The molecule has 3 aromatic carbocycles. The third kappa shape index (κ3) is 4.40. The van der Waals surface area contributed by atoms with Crippen LogP contribution in [0.1, 0.15) is 24.1 Å². The van der Waals surface area contributed by atoms with Crippen molar-refractivity contribution in [3.05, 3.63) is 106 Å². The summed E-state index contributed by atoms with van der Waals surface area (Å²) in [6.45, 7) is 5.68. The Hall–Kier alpha value is -4.03. The Morgan fingerprint density at radius 3 is 2.34 bits per heavy atom. The first-order valence-electron chi connectivity index (χ1n) is 11.4. The van der Waals surface area contributed by atoms with Crippen LogP contribution in [0, 0.1) is 13.8 Å². The Bertz CT molecular complexity index is 1580. The van der Waals surface area contributed by atoms with Crippen LogP contribution in [0.25, 0.3) is 32.5 Å². The van der Waals surface area contributed by atoms with Gasteiger partial charge in [-0.1, -0.05) is 72.3 Å². The summed E-state index contributed by atoms with van der Waals surface area (Å²) in [4.78, 5) is 31.7. The zero-order chi connectivity index (χ0) is 24.5. The predicted molar refractivity (Wildman–Crippen MR) is 144 cm³/mol. The van der Waals surface area contributed by atoms with Gasteiger partial charge in [0.15, 0.2) is 0 Å². The molecule has 0 saturated carbocycles. The molecule has 0 saturated heterocycles. The number of carbonyl (C=O) groups is 1. The molecule has 1 atom stereocenters. The number of hydrogen-bond acceptors (Lipinski definition) is 4. The molecule has 0 bridgehead atoms. The van der Waals surface area contributed by atoms with Gasteiger partial charge >= 0.3 is 0 Å². The van der Waals surface area contributed by atoms with Crippen LogP contribution in [0.3, 0.4) is 0 Å². The van der Waals surface area contributed by atoms with E-state index < -0.39 is 6.04 Å². The van der Waals surface area contributed by atoms with Crippen LogP contribution in [0.4, 0.5) is 5.69 Å². The standard InChI is InChI=1S/C29H25N3O2S/c1-18-9-14-25(19(2)15-18)31-27(33)20(3)32-17-30-28-26(29(32)34)24(16-35-28)23-12-10-22(11-13-23)21-7-5-4-6-8-21/h4-17,20H,1-3H3,(H,31,33). The number of thiophene rings is 1. The minimum absolute atomic E-state index is 0.221. The van der Waals surface area contributed by atoms with Crippen molar-refractivity contribution >= 4 is 33.1 Å². The first kappa shape index (κ1) is 22.7. The molecule has 6 heteroatoms. The number of nitrogens with one attached hydrogen (secondary N) is 1. The van der Waals surface area contributed by atoms with Crippen LogP contribution in [0.15, 0.2) is 89.3 Å². The maximum Gasteiger partial charge on any atom is 0.263 e. The second-order valence-corrected chi connectivity index (χ2v) is 9.57. The molecule has 0 aliphatic carbocycles. The molecule has 5 nitrogen and oxygen atoms in total. The van der Waals surface area contributed by atoms with Crippen LogP contribution < -0.4 is 10.9 Å². The van der Waals surface area contributed by atoms with Crippen LogP contribution >= 0.6 is 11.3 Å². The minimum atomic E-state index is -0.715. The van der Waals surface area contributed by atoms with Crippen LogP contribution in [-0.4, -0.2) is 15.5 Å². The lowest BCUT2D eigenvalue weighted by molar-refractivity contribution is -0.118. The summed E-state index contributed by atoms with van der Waals surface area (Å²) in [6, 6.07) is 23.5. The molecule has 1 N–H and O–H groups in total. The van der Waals surface area contributed by atoms with Crippen molar-refractivity contribution in [2.75, 3.05) is 5.32 Å². The lowest BCUT2D eigenvalue weighted by Gasteiger charge is -2.16. The SMILES string of the molecule is Cc1ccc(NC(=O)C(C)n2cnc3scc(-c4ccc(-c5ccccc5)cc4)c3c2=O)c(C)c1. The summed E-state index contributed by atoms with van der Waals surface area (Å²) in [5.41, 5.74) is 6.65. The molecule has 0 aliphatic heterocycles. The van der Waals surface area contributed by atoms with Gasteiger partial charge in [0.05, 0.1) is 11.7 Å². The van der Waals surface area contributed by atoms with E-state index in [1.807, 2.05) is 67.8 Å². The van der Waals surface area contributed by atoms with Gasteiger partial charge in [0, 0.05) is 16.6 Å². The summed E-state index contributed by atoms with van der Waals surface area (Å²) in [5.74, 6) is -0.260. The summed E-state index contributed by atoms with van der Waals surface area (Å²) in [7, 11) is 0. The topological polar surface area (TPSA) is 64.0 Å². The molecule has 1 unspecified atom stereocenters. The Kier molecular flexibility index (Phi) is 6.05. The van der Waals surface area contributed by atoms with E-state index in [9.17, 15) is 9.59 Å². The predicted octanol–water partition coefficient (Wildman–Crippen LogP) is 6.61. The maximum atomic E-state index is 13.5. The number of fused-ring (bicyclic) bond motifs is 1. The zero-order valence-electron chi connectivity index (χ0n) is 19.8. The lowest BCUT2D eigenvalue weighted by Crippen LogP contribution is -2.31. The van der Waals surface area contributed by atoms with Crippen molar-refractivity contribution in [3.63, 3.8) is 0 Å². The minimum Gasteiger partial charge on any atom is -0.324 e. The molecule has 0 fully saturated rings. The van der Waals surface area contributed by atoms with Crippen LogP contribution in [0.5, 0.6) is 0 Å². The number of amides is 1. The van der Waals surface area contributed by atoms with Crippen molar-refractivity contribution in [1.82, 2.24) is 9.55 Å². The highest BCUT2D eigenvalue weighted by atomic mass is 32.1. The van der Waals surface area contributed by atoms with Gasteiger partial charge in [0.2, 0.25) is 5.91 Å². The van der Waals surface area contributed by atoms with E-state index in [1.165, 1.54) is 22.2 Å². The number of hydrogen-bond donors (Lipinski definition) is 1. The average molecular weight is 480 g/mol. The fourth-order valence-electron chi connectivity index (χ4n) is 4.22. The van der Waals surface area contributed by atoms with Crippen LogP contribution in [0.2, 0.25) is 0 Å². The van der Waals surface area contributed by atoms with Gasteiger partial charge in [-0.2, -0.15) is 0 Å². The number of carbonyl (C=O) groups excluding carboxylic acids is 1. The van der Waals surface area contributed by atoms with Gasteiger partial charge in [-0.05, 0) is 49.1 Å². The van der Waals surface area contributed by atoms with Crippen molar-refractivity contribution in [3.8, 4) is 22.3 Å². The molecule has 5 aromatic rings. The highest BCUT2D eigenvalue weighted by molar-refractivity contribution is 7.17. The number of anilines is 1. The number of aryl methyl sites for hydroxylation is 2. The van der Waals surface area contributed by atoms with Crippen LogP contribution in [-0.2, 0) is 4.79 Å². The number of nitrogens with zero attached hydrogens (tertiary/aromatic N) is 2. The largest absolute Gasteiger partial charge is 0.324 e. The van der Waals surface area contributed by atoms with Crippen molar-refractivity contribution in [2.45, 2.75) is 26.8 Å². The van der Waals surface area contributed by atoms with Gasteiger partial charge in [0.25, 0.3) is 5.56 Å². The van der Waals surface area contributed by atoms with Gasteiger partial charge in [-0.15, -0.1) is 11.3 Å². The zero-order valence-corrected chi connectivity index (χ0v) is 20.6. The normalized spacial score (nSPS) is 12.0. The van der Waals surface area contributed by atoms with E-state index >= 15 is 0 Å². The second-order valence-electron chi connectivity index (χ2n) is 8.71. The summed E-state index contributed by atoms with van der Waals surface area (Å²) in [6.07, 6.45) is 1.47. The van der Waals surface area contributed by atoms with Gasteiger partial charge in [0.1, 0.15) is 10.9 Å². The number of rotatable bonds is 5. The second kappa shape index (κ2) is 9.31. The highest BCUT2D eigenvalue weighted by Crippen LogP contribution is 2.32. The lowest BCUT2D eigenvalue weighted by atomic mass is 10.0. The molecule has 0 spiro atoms. The Morgan fingerprint density at radius 1 is 0.943 bits per heavy atom. The fraction of sp³-hybridized carbons (Fsp3) is 0.138. The van der Waals surface area contributed by atoms with E-state index in [0.29, 0.717) is 10.2 Å². The first-order chi connectivity index (χ1) is 16.9. The quantitative estimate of drug-likeness (QED) is 0.309. The number of benzene rings is 3. The van der Waals surface area contributed by atoms with E-state index in [1.54, 1.807) is 6.92 Å². The molecular formula is C29H25N3O2S. The van der Waals surface area contributed by atoms with Crippen molar-refractivity contribution < 1.29 is 4.79 Å². The monoisotopic (exact) mass is 479 g/mol. The van der Waals surface area contributed by atoms with E-state index in [2.05, 4.69) is 34.6 Å². The first-order valence-corrected chi connectivity index (χ1v) is 12.3. The fourth-order valence-corrected chi connectivity index (χ4v) is 5.13. The Morgan fingerprint density at radius 2 is 1.63 bits per heavy atom. The summed E-state index contributed by atoms with van der Waals surface area (Å²) < 4.78 is 1.41. The molecule has 2 aromatic heterocycles. The average Bonchev–Trinajstić information content (AvgIpc) is 3.31. The van der Waals surface area contributed by atoms with Gasteiger partial charge in [-0.25, -0.2) is 4.98 Å². The summed E-state index contributed by atoms with van der Waals surface area (Å²) in [5, 5.41) is 5.45. The van der Waals surface area contributed by atoms with Crippen molar-refractivity contribution in [1.29, 1.82) is 0 Å². The van der Waals surface area contributed by atoms with Gasteiger partial charge in [-0.3, -0.25) is 14.2 Å². The molecule has 5 rings (SSSR count). The smallest absolute Gasteiger partial charge is 0.263 e. The Labute approximate surface area is 207 Å². The molecule has 1 amide bonds.